The molecule has 0 radical (unpaired) electrons. The predicted molar refractivity (Wildman–Crippen MR) is 172 cm³/mol. The molecule has 0 bridgehead atoms. The van der Waals surface area contributed by atoms with Crippen molar-refractivity contribution in [2.24, 2.45) is 12.2 Å². The van der Waals surface area contributed by atoms with Gasteiger partial charge in [0.05, 0.1) is 12.6 Å². The van der Waals surface area contributed by atoms with Gasteiger partial charge in [-0.2, -0.15) is 0 Å². The number of nitrogens with one attached hydrogen (secondary N) is 1. The molecule has 1 saturated heterocycles. The first kappa shape index (κ1) is 32.7. The van der Waals surface area contributed by atoms with E-state index in [-0.39, 0.29) is 28.0 Å². The van der Waals surface area contributed by atoms with Crippen molar-refractivity contribution in [3.8, 4) is 11.1 Å². The molecule has 18 heteroatoms. The Balaban J connectivity index is 1.32. The zero-order chi connectivity index (χ0) is 33.3. The van der Waals surface area contributed by atoms with Crippen LogP contribution in [0, 0.1) is 0 Å². The molecular formula is C28H29N8O7S3+. The van der Waals surface area contributed by atoms with E-state index in [1.165, 1.54) is 42.8 Å². The number of rotatable bonds is 11. The number of β-lactam (4-membered cyclic amide) rings is 1. The Bertz CT molecular complexity index is 1790. The zero-order valence-electron chi connectivity index (χ0n) is 24.7. The van der Waals surface area contributed by atoms with E-state index in [9.17, 15) is 29.4 Å². The number of carboxylic acid groups (broad SMARTS) is 2. The summed E-state index contributed by atoms with van der Waals surface area (Å²) in [4.78, 5) is 65.3. The van der Waals surface area contributed by atoms with Crippen molar-refractivity contribution in [2.45, 2.75) is 36.0 Å². The summed E-state index contributed by atoms with van der Waals surface area (Å²) < 4.78 is 1.81. The van der Waals surface area contributed by atoms with Crippen LogP contribution in [0.3, 0.4) is 0 Å². The van der Waals surface area contributed by atoms with Gasteiger partial charge in [0.15, 0.2) is 10.8 Å². The molecule has 2 aromatic heterocycles. The van der Waals surface area contributed by atoms with Crippen molar-refractivity contribution in [3.63, 3.8) is 0 Å². The van der Waals surface area contributed by atoms with Crippen LogP contribution in [0.2, 0.25) is 0 Å². The lowest BCUT2D eigenvalue weighted by atomic mass is 10.0. The summed E-state index contributed by atoms with van der Waals surface area (Å²) >= 11 is 3.60. The van der Waals surface area contributed by atoms with Crippen molar-refractivity contribution < 1.29 is 38.8 Å². The van der Waals surface area contributed by atoms with E-state index in [4.69, 9.17) is 16.3 Å². The topological polar surface area (TPSA) is 227 Å². The lowest BCUT2D eigenvalue weighted by Gasteiger charge is -2.49. The third kappa shape index (κ3) is 6.49. The maximum atomic E-state index is 13.3. The normalized spacial score (nSPS) is 18.1. The van der Waals surface area contributed by atoms with Gasteiger partial charge in [-0.25, -0.2) is 19.1 Å². The van der Waals surface area contributed by atoms with Crippen LogP contribution in [0.5, 0.6) is 0 Å². The number of thiazole rings is 1. The van der Waals surface area contributed by atoms with E-state index in [0.29, 0.717) is 16.5 Å². The Morgan fingerprint density at radius 1 is 1.22 bits per heavy atom. The number of nitrogen functional groups attached to an aromatic ring is 2. The maximum Gasteiger partial charge on any atom is 0.361 e. The Kier molecular flexibility index (Phi) is 9.22. The smallest absolute Gasteiger partial charge is 0.361 e. The van der Waals surface area contributed by atoms with E-state index < -0.39 is 46.5 Å². The average Bonchev–Trinajstić information content (AvgIpc) is 3.45. The van der Waals surface area contributed by atoms with Gasteiger partial charge in [-0.15, -0.1) is 23.1 Å². The fourth-order valence-corrected chi connectivity index (χ4v) is 7.47. The van der Waals surface area contributed by atoms with Crippen LogP contribution in [0.4, 0.5) is 10.9 Å². The third-order valence-corrected chi connectivity index (χ3v) is 10.1. The number of nitrogens with zero attached hydrogens (tertiary/aromatic N) is 5. The van der Waals surface area contributed by atoms with Gasteiger partial charge in [-0.05, 0) is 41.7 Å². The Morgan fingerprint density at radius 2 is 1.93 bits per heavy atom. The highest BCUT2D eigenvalue weighted by Gasteiger charge is 2.54. The van der Waals surface area contributed by atoms with Crippen molar-refractivity contribution in [1.29, 1.82) is 0 Å². The quantitative estimate of drug-likeness (QED) is 0.0480. The van der Waals surface area contributed by atoms with Crippen molar-refractivity contribution >= 4 is 75.3 Å². The lowest BCUT2D eigenvalue weighted by Crippen LogP contribution is -2.71. The minimum Gasteiger partial charge on any atom is -0.478 e. The first-order valence-electron chi connectivity index (χ1n) is 13.5. The monoisotopic (exact) mass is 685 g/mol. The zero-order valence-corrected chi connectivity index (χ0v) is 27.1. The maximum absolute atomic E-state index is 13.3. The second-order valence-electron chi connectivity index (χ2n) is 10.6. The van der Waals surface area contributed by atoms with Crippen LogP contribution >= 0.6 is 34.9 Å². The highest BCUT2D eigenvalue weighted by molar-refractivity contribution is 8.01. The summed E-state index contributed by atoms with van der Waals surface area (Å²) in [6.45, 7) is 2.49. The fraction of sp³-hybridized carbons (Fsp3) is 0.286. The predicted octanol–water partition coefficient (Wildman–Crippen LogP) is 1.31. The lowest BCUT2D eigenvalue weighted by molar-refractivity contribution is -0.712. The van der Waals surface area contributed by atoms with Gasteiger partial charge in [0.2, 0.25) is 5.60 Å². The summed E-state index contributed by atoms with van der Waals surface area (Å²) in [5.41, 5.74) is 11.8. The minimum atomic E-state index is -1.77. The SMILES string of the molecule is C[n+]1cc(-c2ccccc2)c(N)nc1SCC1=C(C(=O)O)N2C(=O)[C@@H](NC(=O)/C(=N/OC(C)(C)C(=O)O)c3csc(N)n3)[C@H]2SC1. The number of benzene rings is 1. The molecule has 1 aromatic carbocycles. The van der Waals surface area contributed by atoms with Crippen LogP contribution in [0.1, 0.15) is 19.5 Å². The fourth-order valence-electron chi connectivity index (χ4n) is 4.49. The van der Waals surface area contributed by atoms with Gasteiger partial charge in [0.1, 0.15) is 29.0 Å². The molecule has 4 heterocycles. The number of oxime groups is 1. The molecule has 240 valence electrons. The van der Waals surface area contributed by atoms with E-state index in [1.54, 1.807) is 4.57 Å². The van der Waals surface area contributed by atoms with E-state index in [2.05, 4.69) is 20.4 Å². The molecule has 2 aliphatic heterocycles. The first-order valence-corrected chi connectivity index (χ1v) is 16.5. The molecule has 0 aliphatic carbocycles. The second-order valence-corrected chi connectivity index (χ2v) is 13.6. The number of carbonyl (C=O) groups excluding carboxylic acids is 2. The highest BCUT2D eigenvalue weighted by atomic mass is 32.2. The molecule has 0 spiro atoms. The number of aryl methyl sites for hydroxylation is 1. The summed E-state index contributed by atoms with van der Waals surface area (Å²) in [5, 5.41) is 27.2. The number of aromatic nitrogens is 3. The molecular weight excluding hydrogens is 657 g/mol. The first-order chi connectivity index (χ1) is 21.8. The Hall–Kier alpha value is -4.68. The van der Waals surface area contributed by atoms with Crippen molar-refractivity contribution in [3.05, 3.63) is 58.9 Å². The van der Waals surface area contributed by atoms with E-state index >= 15 is 0 Å². The van der Waals surface area contributed by atoms with Crippen LogP contribution in [0.15, 0.2) is 63.5 Å². The van der Waals surface area contributed by atoms with Crippen LogP contribution < -0.4 is 21.4 Å². The average molecular weight is 686 g/mol. The molecule has 1 fully saturated rings. The number of nitrogens with two attached hydrogens (primary N) is 2. The van der Waals surface area contributed by atoms with Gasteiger partial charge >= 0.3 is 17.1 Å². The number of aliphatic carboxylic acids is 2. The highest BCUT2D eigenvalue weighted by Crippen LogP contribution is 2.41. The minimum absolute atomic E-state index is 0.0192. The Labute approximate surface area is 274 Å². The van der Waals surface area contributed by atoms with Gasteiger partial charge in [-0.3, -0.25) is 14.5 Å². The molecule has 5 rings (SSSR count). The van der Waals surface area contributed by atoms with Gasteiger partial charge in [0.25, 0.3) is 17.6 Å². The van der Waals surface area contributed by atoms with Crippen LogP contribution in [-0.4, -0.2) is 83.1 Å². The third-order valence-electron chi connectivity index (χ3n) is 6.97. The number of amides is 2. The van der Waals surface area contributed by atoms with Crippen LogP contribution in [0.25, 0.3) is 11.1 Å². The van der Waals surface area contributed by atoms with E-state index in [0.717, 1.165) is 27.4 Å². The van der Waals surface area contributed by atoms with E-state index in [1.807, 2.05) is 43.6 Å². The summed E-state index contributed by atoms with van der Waals surface area (Å²) in [5.74, 6) is -3.27. The molecule has 0 unspecified atom stereocenters. The number of carbonyl (C=O) groups is 4. The van der Waals surface area contributed by atoms with Crippen molar-refractivity contribution in [2.75, 3.05) is 23.0 Å². The number of carboxylic acids is 2. The molecule has 2 aliphatic rings. The number of hydrogen-bond donors (Lipinski definition) is 5. The molecule has 0 saturated carbocycles. The molecule has 46 heavy (non-hydrogen) atoms. The molecule has 2 atom stereocenters. The van der Waals surface area contributed by atoms with Gasteiger partial charge in [0, 0.05) is 16.9 Å². The standard InChI is InChI=1S/C28H28N8O7S3/c1-28(2,25(41)42)43-34-17(16-12-45-26(30)31-16)21(37)32-18-22(38)36-19(24(39)40)14(10-44-23(18)36)11-46-27-33-20(29)15(9-35(27)3)13-7-5-4-6-8-13/h4-9,12,18,23,29H,10-11H2,1-3H3,(H5,30,31,32,37,39,40,41,42)/p+1/b34-17+/t18-,23-/m1/s1. The number of fused-ring (bicyclic) bond motifs is 1. The molecule has 7 N–H and O–H groups in total. The molecule has 15 nitrogen and oxygen atoms in total. The summed E-state index contributed by atoms with van der Waals surface area (Å²) in [6.07, 6.45) is 1.86. The second kappa shape index (κ2) is 13.0. The summed E-state index contributed by atoms with van der Waals surface area (Å²) in [7, 11) is 1.82. The van der Waals surface area contributed by atoms with Crippen LogP contribution in [-0.2, 0) is 31.1 Å². The van der Waals surface area contributed by atoms with Crippen molar-refractivity contribution in [1.82, 2.24) is 20.2 Å². The number of thioether (sulfide) groups is 2. The number of hydrogen-bond acceptors (Lipinski definition) is 13. The molecule has 3 aromatic rings. The summed E-state index contributed by atoms with van der Waals surface area (Å²) in [6, 6.07) is 8.48. The van der Waals surface area contributed by atoms with Gasteiger partial charge < -0.3 is 31.8 Å². The number of anilines is 2. The Morgan fingerprint density at radius 3 is 2.57 bits per heavy atom. The van der Waals surface area contributed by atoms with Gasteiger partial charge in [-0.1, -0.05) is 35.5 Å². The largest absolute Gasteiger partial charge is 0.478 e. The molecule has 2 amide bonds.